The Balaban J connectivity index is 2.41. The zero-order valence-corrected chi connectivity index (χ0v) is 12.8. The third-order valence-electron chi connectivity index (χ3n) is 2.91. The first kappa shape index (κ1) is 15.5. The molecular formula is C13H14N2O4S2. The fraction of sp³-hybridized carbons (Fsp3) is 0.154. The molecule has 0 bridgehead atoms. The highest BCUT2D eigenvalue weighted by Crippen LogP contribution is 2.25. The van der Waals surface area contributed by atoms with Gasteiger partial charge in [0.1, 0.15) is 0 Å². The molecule has 0 fully saturated rings. The number of hydrogen-bond acceptors (Lipinski definition) is 5. The predicted molar refractivity (Wildman–Crippen MR) is 81.2 cm³/mol. The second kappa shape index (κ2) is 5.84. The van der Waals surface area contributed by atoms with Gasteiger partial charge in [-0.1, -0.05) is 6.07 Å². The number of hydrogen-bond donors (Lipinski definition) is 2. The topological polar surface area (TPSA) is 101 Å². The Morgan fingerprint density at radius 1 is 1.38 bits per heavy atom. The van der Waals surface area contributed by atoms with Gasteiger partial charge in [0.05, 0.1) is 22.7 Å². The minimum atomic E-state index is -3.93. The average Bonchev–Trinajstić information content (AvgIpc) is 2.89. The van der Waals surface area contributed by atoms with Crippen LogP contribution in [0.3, 0.4) is 0 Å². The number of nitrogens with zero attached hydrogens (tertiary/aromatic N) is 1. The summed E-state index contributed by atoms with van der Waals surface area (Å²) in [7, 11) is -2.18. The van der Waals surface area contributed by atoms with Gasteiger partial charge in [-0.15, -0.1) is 11.3 Å². The van der Waals surface area contributed by atoms with E-state index < -0.39 is 16.0 Å². The van der Waals surface area contributed by atoms with E-state index in [1.54, 1.807) is 23.3 Å². The van der Waals surface area contributed by atoms with Crippen molar-refractivity contribution in [1.29, 1.82) is 0 Å². The van der Waals surface area contributed by atoms with Crippen LogP contribution in [0.1, 0.15) is 15.2 Å². The molecule has 21 heavy (non-hydrogen) atoms. The molecule has 2 rings (SSSR count). The van der Waals surface area contributed by atoms with Gasteiger partial charge in [0.2, 0.25) is 10.0 Å². The van der Waals surface area contributed by atoms with E-state index in [0.29, 0.717) is 12.2 Å². The third-order valence-corrected chi connectivity index (χ3v) is 4.68. The van der Waals surface area contributed by atoms with Crippen molar-refractivity contribution >= 4 is 33.0 Å². The van der Waals surface area contributed by atoms with E-state index in [0.717, 1.165) is 10.9 Å². The van der Waals surface area contributed by atoms with E-state index in [-0.39, 0.29) is 10.5 Å². The van der Waals surface area contributed by atoms with Crippen LogP contribution in [-0.2, 0) is 16.6 Å². The summed E-state index contributed by atoms with van der Waals surface area (Å²) in [4.78, 5) is 14.0. The van der Waals surface area contributed by atoms with Crippen molar-refractivity contribution in [3.63, 3.8) is 0 Å². The van der Waals surface area contributed by atoms with Crippen LogP contribution in [0, 0.1) is 0 Å². The Labute approximate surface area is 126 Å². The van der Waals surface area contributed by atoms with Crippen LogP contribution in [0.25, 0.3) is 0 Å². The molecule has 0 aliphatic carbocycles. The van der Waals surface area contributed by atoms with Gasteiger partial charge >= 0.3 is 5.97 Å². The van der Waals surface area contributed by atoms with Crippen molar-refractivity contribution in [2.45, 2.75) is 11.4 Å². The molecule has 1 heterocycles. The van der Waals surface area contributed by atoms with Crippen molar-refractivity contribution in [2.24, 2.45) is 5.14 Å². The van der Waals surface area contributed by atoms with Crippen molar-refractivity contribution in [3.8, 4) is 0 Å². The zero-order valence-electron chi connectivity index (χ0n) is 11.2. The van der Waals surface area contributed by atoms with Crippen LogP contribution in [0.5, 0.6) is 0 Å². The lowest BCUT2D eigenvalue weighted by atomic mass is 10.1. The van der Waals surface area contributed by atoms with Crippen molar-refractivity contribution in [2.75, 3.05) is 11.9 Å². The quantitative estimate of drug-likeness (QED) is 0.871. The van der Waals surface area contributed by atoms with Gasteiger partial charge in [-0.25, -0.2) is 18.4 Å². The molecular weight excluding hydrogens is 312 g/mol. The Kier molecular flexibility index (Phi) is 4.31. The number of nitrogens with two attached hydrogens (primary N) is 1. The fourth-order valence-electron chi connectivity index (χ4n) is 1.92. The molecule has 0 amide bonds. The first-order valence-electron chi connectivity index (χ1n) is 5.92. The summed E-state index contributed by atoms with van der Waals surface area (Å²) in [6.07, 6.45) is 0. The zero-order chi connectivity index (χ0) is 15.6. The molecule has 2 aromatic rings. The maximum atomic E-state index is 11.3. The Morgan fingerprint density at radius 3 is 2.62 bits per heavy atom. The number of carboxylic acid groups (broad SMARTS) is 1. The SMILES string of the molecule is CN(Cc1cccs1)c1ccc(S(N)(=O)=O)cc1C(=O)O. The van der Waals surface area contributed by atoms with Gasteiger partial charge in [0.15, 0.2) is 0 Å². The molecule has 1 aromatic carbocycles. The van der Waals surface area contributed by atoms with Crippen LogP contribution in [0.2, 0.25) is 0 Å². The maximum Gasteiger partial charge on any atom is 0.337 e. The molecule has 1 aromatic heterocycles. The molecule has 0 aliphatic rings. The lowest BCUT2D eigenvalue weighted by Gasteiger charge is -2.21. The maximum absolute atomic E-state index is 11.3. The summed E-state index contributed by atoms with van der Waals surface area (Å²) in [5.41, 5.74) is 0.337. The van der Waals surface area contributed by atoms with E-state index in [2.05, 4.69) is 0 Å². The van der Waals surface area contributed by atoms with Gasteiger partial charge in [-0.3, -0.25) is 0 Å². The summed E-state index contributed by atoms with van der Waals surface area (Å²) >= 11 is 1.56. The van der Waals surface area contributed by atoms with Gasteiger partial charge in [0, 0.05) is 11.9 Å². The first-order chi connectivity index (χ1) is 9.79. The van der Waals surface area contributed by atoms with Crippen molar-refractivity contribution < 1.29 is 18.3 Å². The standard InChI is InChI=1S/C13H14N2O4S2/c1-15(8-9-3-2-6-20-9)12-5-4-10(21(14,18)19)7-11(12)13(16)17/h2-7H,8H2,1H3,(H,16,17)(H2,14,18,19). The minimum Gasteiger partial charge on any atom is -0.478 e. The average molecular weight is 326 g/mol. The van der Waals surface area contributed by atoms with Crippen LogP contribution in [0.15, 0.2) is 40.6 Å². The number of aromatic carboxylic acids is 1. The first-order valence-corrected chi connectivity index (χ1v) is 8.35. The number of primary sulfonamides is 1. The Bertz CT molecular complexity index is 754. The van der Waals surface area contributed by atoms with Crippen molar-refractivity contribution in [1.82, 2.24) is 0 Å². The summed E-state index contributed by atoms with van der Waals surface area (Å²) in [6.45, 7) is 0.534. The summed E-state index contributed by atoms with van der Waals surface area (Å²) < 4.78 is 22.6. The molecule has 112 valence electrons. The van der Waals surface area contributed by atoms with E-state index in [1.807, 2.05) is 17.5 Å². The lowest BCUT2D eigenvalue weighted by molar-refractivity contribution is 0.0697. The highest BCUT2D eigenvalue weighted by atomic mass is 32.2. The molecule has 0 atom stereocenters. The number of thiophene rings is 1. The molecule has 0 saturated heterocycles. The minimum absolute atomic E-state index is 0.0967. The second-order valence-corrected chi connectivity index (χ2v) is 7.06. The van der Waals surface area contributed by atoms with Gasteiger partial charge in [0.25, 0.3) is 0 Å². The van der Waals surface area contributed by atoms with Crippen LogP contribution in [0.4, 0.5) is 5.69 Å². The van der Waals surface area contributed by atoms with Gasteiger partial charge < -0.3 is 10.0 Å². The highest BCUT2D eigenvalue weighted by Gasteiger charge is 2.18. The molecule has 6 nitrogen and oxygen atoms in total. The van der Waals surface area contributed by atoms with E-state index in [1.165, 1.54) is 12.1 Å². The Hall–Kier alpha value is -1.90. The number of carbonyl (C=O) groups is 1. The normalized spacial score (nSPS) is 11.3. The number of rotatable bonds is 5. The lowest BCUT2D eigenvalue weighted by Crippen LogP contribution is -2.20. The number of carboxylic acids is 1. The number of benzene rings is 1. The van der Waals surface area contributed by atoms with Crippen molar-refractivity contribution in [3.05, 3.63) is 46.2 Å². The molecule has 0 aliphatic heterocycles. The molecule has 0 saturated carbocycles. The monoisotopic (exact) mass is 326 g/mol. The smallest absolute Gasteiger partial charge is 0.337 e. The number of sulfonamides is 1. The predicted octanol–water partition coefficient (Wildman–Crippen LogP) is 1.73. The molecule has 0 unspecified atom stereocenters. The van der Waals surface area contributed by atoms with Crippen LogP contribution < -0.4 is 10.0 Å². The summed E-state index contributed by atoms with van der Waals surface area (Å²) in [5.74, 6) is -1.20. The largest absolute Gasteiger partial charge is 0.478 e. The van der Waals surface area contributed by atoms with E-state index in [9.17, 15) is 18.3 Å². The van der Waals surface area contributed by atoms with Gasteiger partial charge in [-0.05, 0) is 29.6 Å². The molecule has 8 heteroatoms. The number of anilines is 1. The van der Waals surface area contributed by atoms with Gasteiger partial charge in [-0.2, -0.15) is 0 Å². The summed E-state index contributed by atoms with van der Waals surface area (Å²) in [6, 6.07) is 7.70. The summed E-state index contributed by atoms with van der Waals surface area (Å²) in [5, 5.41) is 16.2. The Morgan fingerprint density at radius 2 is 2.10 bits per heavy atom. The highest BCUT2D eigenvalue weighted by molar-refractivity contribution is 7.89. The molecule has 0 spiro atoms. The second-order valence-electron chi connectivity index (χ2n) is 4.46. The van der Waals surface area contributed by atoms with E-state index in [4.69, 9.17) is 5.14 Å². The van der Waals surface area contributed by atoms with Crippen LogP contribution >= 0.6 is 11.3 Å². The fourth-order valence-corrected chi connectivity index (χ4v) is 3.21. The van der Waals surface area contributed by atoms with E-state index >= 15 is 0 Å². The molecule has 3 N–H and O–H groups in total. The molecule has 0 radical (unpaired) electrons. The third kappa shape index (κ3) is 3.60. The van der Waals surface area contributed by atoms with Crippen LogP contribution in [-0.4, -0.2) is 26.5 Å².